The zero-order valence-electron chi connectivity index (χ0n) is 8.83. The van der Waals surface area contributed by atoms with Gasteiger partial charge in [-0.15, -0.1) is 0 Å². The molecule has 1 aromatic carbocycles. The fourth-order valence-electron chi connectivity index (χ4n) is 1.28. The van der Waals surface area contributed by atoms with Crippen molar-refractivity contribution in [1.82, 2.24) is 5.48 Å². The fourth-order valence-corrected chi connectivity index (χ4v) is 1.28. The van der Waals surface area contributed by atoms with E-state index in [9.17, 15) is 4.79 Å². The maximum atomic E-state index is 11.4. The van der Waals surface area contributed by atoms with E-state index in [-0.39, 0.29) is 5.91 Å². The topological polar surface area (TPSA) is 76.4 Å². The van der Waals surface area contributed by atoms with Crippen LogP contribution in [0.15, 0.2) is 18.2 Å². The lowest BCUT2D eigenvalue weighted by atomic mass is 10.1. The molecule has 5 heteroatoms. The summed E-state index contributed by atoms with van der Waals surface area (Å²) in [4.78, 5) is 16.0. The molecule has 0 aromatic heterocycles. The summed E-state index contributed by atoms with van der Waals surface area (Å²) in [6, 6.07) is 5.25. The zero-order chi connectivity index (χ0) is 11.3. The average Bonchev–Trinajstić information content (AvgIpc) is 2.28. The standard InChI is InChI=1S/C10H15N3O2/c1-12-9-5-7(10(14)13-15-2)3-4-8(9)6-11/h3-5,12H,6,11H2,1-2H3,(H,13,14). The first-order chi connectivity index (χ1) is 7.22. The van der Waals surface area contributed by atoms with Crippen LogP contribution in [0.5, 0.6) is 0 Å². The summed E-state index contributed by atoms with van der Waals surface area (Å²) in [7, 11) is 3.18. The van der Waals surface area contributed by atoms with Crippen LogP contribution in [0.1, 0.15) is 15.9 Å². The zero-order valence-corrected chi connectivity index (χ0v) is 8.83. The van der Waals surface area contributed by atoms with Gasteiger partial charge in [-0.3, -0.25) is 9.63 Å². The summed E-state index contributed by atoms with van der Waals surface area (Å²) in [5.74, 6) is -0.280. The summed E-state index contributed by atoms with van der Waals surface area (Å²) < 4.78 is 0. The minimum Gasteiger partial charge on any atom is -0.388 e. The van der Waals surface area contributed by atoms with Crippen LogP contribution in [0.3, 0.4) is 0 Å². The predicted molar refractivity (Wildman–Crippen MR) is 58.4 cm³/mol. The molecule has 1 amide bonds. The van der Waals surface area contributed by atoms with E-state index in [0.717, 1.165) is 11.3 Å². The highest BCUT2D eigenvalue weighted by atomic mass is 16.6. The van der Waals surface area contributed by atoms with Gasteiger partial charge in [-0.1, -0.05) is 6.07 Å². The number of carbonyl (C=O) groups is 1. The minimum atomic E-state index is -0.280. The number of benzene rings is 1. The number of nitrogens with two attached hydrogens (primary N) is 1. The van der Waals surface area contributed by atoms with Crippen LogP contribution in [-0.2, 0) is 11.4 Å². The third kappa shape index (κ3) is 2.68. The molecule has 1 rings (SSSR count). The van der Waals surface area contributed by atoms with Crippen LogP contribution in [0.25, 0.3) is 0 Å². The Bertz CT molecular complexity index is 353. The molecule has 0 bridgehead atoms. The maximum Gasteiger partial charge on any atom is 0.274 e. The van der Waals surface area contributed by atoms with Gasteiger partial charge in [0.15, 0.2) is 0 Å². The van der Waals surface area contributed by atoms with E-state index in [4.69, 9.17) is 5.73 Å². The lowest BCUT2D eigenvalue weighted by molar-refractivity contribution is 0.0537. The lowest BCUT2D eigenvalue weighted by Crippen LogP contribution is -2.22. The van der Waals surface area contributed by atoms with Gasteiger partial charge in [-0.25, -0.2) is 5.48 Å². The summed E-state index contributed by atoms with van der Waals surface area (Å²) in [5.41, 5.74) is 10.1. The van der Waals surface area contributed by atoms with Crippen molar-refractivity contribution in [2.24, 2.45) is 5.73 Å². The molecule has 5 nitrogen and oxygen atoms in total. The Kier molecular flexibility index (Phi) is 4.08. The molecule has 82 valence electrons. The van der Waals surface area contributed by atoms with Crippen molar-refractivity contribution in [2.75, 3.05) is 19.5 Å². The third-order valence-electron chi connectivity index (χ3n) is 2.06. The molecule has 0 radical (unpaired) electrons. The van der Waals surface area contributed by atoms with E-state index in [2.05, 4.69) is 15.6 Å². The number of hydroxylamine groups is 1. The van der Waals surface area contributed by atoms with Crippen molar-refractivity contribution in [3.05, 3.63) is 29.3 Å². The Balaban J connectivity index is 2.97. The number of anilines is 1. The molecule has 0 saturated heterocycles. The molecule has 0 aliphatic carbocycles. The second-order valence-electron chi connectivity index (χ2n) is 2.96. The summed E-state index contributed by atoms with van der Waals surface area (Å²) >= 11 is 0. The van der Waals surface area contributed by atoms with Gasteiger partial charge in [0.2, 0.25) is 0 Å². The van der Waals surface area contributed by atoms with Gasteiger partial charge in [0, 0.05) is 24.8 Å². The second-order valence-corrected chi connectivity index (χ2v) is 2.96. The first-order valence-electron chi connectivity index (χ1n) is 4.57. The number of hydrogen-bond acceptors (Lipinski definition) is 4. The Morgan fingerprint density at radius 1 is 1.53 bits per heavy atom. The molecule has 0 aliphatic heterocycles. The molecule has 1 aromatic rings. The third-order valence-corrected chi connectivity index (χ3v) is 2.06. The highest BCUT2D eigenvalue weighted by molar-refractivity contribution is 5.94. The highest BCUT2D eigenvalue weighted by Gasteiger charge is 2.07. The van der Waals surface area contributed by atoms with Gasteiger partial charge in [0.1, 0.15) is 0 Å². The number of amides is 1. The molecule has 0 atom stereocenters. The largest absolute Gasteiger partial charge is 0.388 e. The molecular formula is C10H15N3O2. The van der Waals surface area contributed by atoms with Crippen molar-refractivity contribution >= 4 is 11.6 Å². The van der Waals surface area contributed by atoms with Crippen LogP contribution >= 0.6 is 0 Å². The summed E-state index contributed by atoms with van der Waals surface area (Å²) in [6.45, 7) is 0.433. The van der Waals surface area contributed by atoms with Gasteiger partial charge < -0.3 is 11.1 Å². The van der Waals surface area contributed by atoms with Gasteiger partial charge in [0.05, 0.1) is 7.11 Å². The lowest BCUT2D eigenvalue weighted by Gasteiger charge is -2.09. The average molecular weight is 209 g/mol. The van der Waals surface area contributed by atoms with Gasteiger partial charge in [0.25, 0.3) is 5.91 Å². The predicted octanol–water partition coefficient (Wildman–Crippen LogP) is 0.478. The van der Waals surface area contributed by atoms with E-state index in [0.29, 0.717) is 12.1 Å². The number of rotatable bonds is 4. The fraction of sp³-hybridized carbons (Fsp3) is 0.300. The Morgan fingerprint density at radius 3 is 2.80 bits per heavy atom. The van der Waals surface area contributed by atoms with Gasteiger partial charge in [-0.2, -0.15) is 0 Å². The molecular weight excluding hydrogens is 194 g/mol. The van der Waals surface area contributed by atoms with Crippen LogP contribution in [-0.4, -0.2) is 20.1 Å². The summed E-state index contributed by atoms with van der Waals surface area (Å²) in [5, 5.41) is 2.98. The first kappa shape index (κ1) is 11.5. The SMILES string of the molecule is CNc1cc(C(=O)NOC)ccc1CN. The smallest absolute Gasteiger partial charge is 0.274 e. The molecule has 0 spiro atoms. The van der Waals surface area contributed by atoms with Crippen LogP contribution < -0.4 is 16.5 Å². The first-order valence-corrected chi connectivity index (χ1v) is 4.57. The second kappa shape index (κ2) is 5.33. The van der Waals surface area contributed by atoms with Crippen LogP contribution in [0, 0.1) is 0 Å². The van der Waals surface area contributed by atoms with Gasteiger partial charge in [-0.05, 0) is 17.7 Å². The van der Waals surface area contributed by atoms with E-state index < -0.39 is 0 Å². The highest BCUT2D eigenvalue weighted by Crippen LogP contribution is 2.16. The van der Waals surface area contributed by atoms with E-state index >= 15 is 0 Å². The van der Waals surface area contributed by atoms with Crippen molar-refractivity contribution in [1.29, 1.82) is 0 Å². The molecule has 15 heavy (non-hydrogen) atoms. The molecule has 0 aliphatic rings. The molecule has 0 fully saturated rings. The molecule has 4 N–H and O–H groups in total. The Labute approximate surface area is 88.6 Å². The van der Waals surface area contributed by atoms with Crippen LogP contribution in [0.2, 0.25) is 0 Å². The van der Waals surface area contributed by atoms with Crippen LogP contribution in [0.4, 0.5) is 5.69 Å². The Hall–Kier alpha value is -1.59. The summed E-state index contributed by atoms with van der Waals surface area (Å²) in [6.07, 6.45) is 0. The van der Waals surface area contributed by atoms with E-state index in [1.807, 2.05) is 6.07 Å². The number of carbonyl (C=O) groups excluding carboxylic acids is 1. The number of hydrogen-bond donors (Lipinski definition) is 3. The monoisotopic (exact) mass is 209 g/mol. The molecule has 0 unspecified atom stereocenters. The van der Waals surface area contributed by atoms with E-state index in [1.165, 1.54) is 7.11 Å². The normalized spacial score (nSPS) is 9.80. The van der Waals surface area contributed by atoms with Crippen molar-refractivity contribution in [3.63, 3.8) is 0 Å². The molecule has 0 saturated carbocycles. The van der Waals surface area contributed by atoms with Crippen molar-refractivity contribution < 1.29 is 9.63 Å². The maximum absolute atomic E-state index is 11.4. The minimum absolute atomic E-state index is 0.280. The van der Waals surface area contributed by atoms with Crippen molar-refractivity contribution in [3.8, 4) is 0 Å². The molecule has 0 heterocycles. The Morgan fingerprint density at radius 2 is 2.27 bits per heavy atom. The van der Waals surface area contributed by atoms with E-state index in [1.54, 1.807) is 19.2 Å². The van der Waals surface area contributed by atoms with Crippen molar-refractivity contribution in [2.45, 2.75) is 6.54 Å². The quantitative estimate of drug-likeness (QED) is 0.630. The number of nitrogens with one attached hydrogen (secondary N) is 2. The van der Waals surface area contributed by atoms with Gasteiger partial charge >= 0.3 is 0 Å².